The molecule has 10 nitrogen and oxygen atoms in total. The van der Waals surface area contributed by atoms with Crippen LogP contribution >= 0.6 is 0 Å². The smallest absolute Gasteiger partial charge is 0.351 e. The van der Waals surface area contributed by atoms with Crippen molar-refractivity contribution >= 4 is 11.7 Å². The molecule has 1 aliphatic rings. The lowest BCUT2D eigenvalue weighted by molar-refractivity contribution is -0.114. The van der Waals surface area contributed by atoms with E-state index in [1.54, 1.807) is 14.2 Å². The molecule has 1 fully saturated rings. The van der Waals surface area contributed by atoms with Crippen LogP contribution in [0.1, 0.15) is 41.8 Å². The van der Waals surface area contributed by atoms with Crippen molar-refractivity contribution in [2.24, 2.45) is 0 Å². The van der Waals surface area contributed by atoms with Gasteiger partial charge < -0.3 is 29.4 Å². The molecule has 1 aromatic heterocycles. The van der Waals surface area contributed by atoms with Crippen molar-refractivity contribution < 1.29 is 28.8 Å². The zero-order valence-electron chi connectivity index (χ0n) is 24.6. The first-order valence-corrected chi connectivity index (χ1v) is 14.0. The molecule has 44 heavy (non-hydrogen) atoms. The molecule has 1 aliphatic heterocycles. The molecule has 0 spiro atoms. The van der Waals surface area contributed by atoms with Gasteiger partial charge >= 0.3 is 5.69 Å². The molecule has 0 saturated carbocycles. The average molecular weight is 596 g/mol. The van der Waals surface area contributed by atoms with E-state index in [1.165, 1.54) is 17.7 Å². The van der Waals surface area contributed by atoms with E-state index in [4.69, 9.17) is 25.4 Å². The third kappa shape index (κ3) is 6.07. The van der Waals surface area contributed by atoms with Crippen molar-refractivity contribution in [2.45, 2.75) is 37.4 Å². The van der Waals surface area contributed by atoms with Gasteiger partial charge in [0.05, 0.1) is 32.5 Å². The maximum absolute atomic E-state index is 12.9. The number of hydrogen-bond acceptors (Lipinski definition) is 8. The van der Waals surface area contributed by atoms with Crippen LogP contribution in [-0.4, -0.2) is 53.6 Å². The van der Waals surface area contributed by atoms with Gasteiger partial charge in [0.1, 0.15) is 29.4 Å². The Morgan fingerprint density at radius 2 is 1.59 bits per heavy atom. The van der Waals surface area contributed by atoms with Gasteiger partial charge in [-0.1, -0.05) is 60.5 Å². The number of carbonyl (C=O) groups is 1. The van der Waals surface area contributed by atoms with Crippen LogP contribution < -0.4 is 20.5 Å². The highest BCUT2D eigenvalue weighted by Crippen LogP contribution is 2.42. The standard InChI is InChI=1S/C34H33N3O7/c1-5-23-20-37(33(40)36-32(23)35-22(2)38)31-19-29(39)30(44-31)21-43-34(24-9-7-6-8-10-24,25-11-15-27(41-3)16-12-25)26-13-17-28(42-4)18-14-26/h1,6-18,20,29-31,39H,19,21H2,2-4H3,(H,35,36,38,40)/t29-,30+,31+/m0/s1. The van der Waals surface area contributed by atoms with E-state index in [0.29, 0.717) is 11.5 Å². The van der Waals surface area contributed by atoms with Gasteiger partial charge in [0, 0.05) is 19.5 Å². The van der Waals surface area contributed by atoms with Gasteiger partial charge in [-0.05, 0) is 41.0 Å². The molecular weight excluding hydrogens is 562 g/mol. The van der Waals surface area contributed by atoms with Gasteiger partial charge in [0.25, 0.3) is 0 Å². The molecule has 0 unspecified atom stereocenters. The van der Waals surface area contributed by atoms with Crippen LogP contribution in [0.3, 0.4) is 0 Å². The number of terminal acetylenes is 1. The number of methoxy groups -OCH3 is 2. The van der Waals surface area contributed by atoms with Gasteiger partial charge in [0.2, 0.25) is 5.91 Å². The van der Waals surface area contributed by atoms with Crippen LogP contribution in [0.15, 0.2) is 89.9 Å². The first-order chi connectivity index (χ1) is 21.3. The lowest BCUT2D eigenvalue weighted by atomic mass is 9.80. The number of ether oxygens (including phenoxy) is 4. The van der Waals surface area contributed by atoms with Crippen molar-refractivity contribution in [3.05, 3.63) is 118 Å². The molecule has 0 aliphatic carbocycles. The molecule has 226 valence electrons. The van der Waals surface area contributed by atoms with Crippen molar-refractivity contribution in [1.29, 1.82) is 0 Å². The highest BCUT2D eigenvalue weighted by Gasteiger charge is 2.42. The summed E-state index contributed by atoms with van der Waals surface area (Å²) in [6.45, 7) is 1.26. The number of nitrogens with zero attached hydrogens (tertiary/aromatic N) is 2. The van der Waals surface area contributed by atoms with E-state index >= 15 is 0 Å². The SMILES string of the molecule is C#Cc1cn([C@H]2C[C@H](O)[C@@H](COC(c3ccccc3)(c3ccc(OC)cc3)c3ccc(OC)cc3)O2)c(=O)nc1NC(C)=O. The molecule has 4 aromatic rings. The Labute approximate surface area is 255 Å². The normalized spacial score (nSPS) is 17.9. The Kier molecular flexibility index (Phi) is 9.11. The quantitative estimate of drug-likeness (QED) is 0.210. The van der Waals surface area contributed by atoms with Crippen molar-refractivity contribution in [2.75, 3.05) is 26.1 Å². The molecule has 2 N–H and O–H groups in total. The van der Waals surface area contributed by atoms with Gasteiger partial charge in [0.15, 0.2) is 5.82 Å². The molecule has 1 saturated heterocycles. The van der Waals surface area contributed by atoms with E-state index in [1.807, 2.05) is 78.9 Å². The maximum atomic E-state index is 12.9. The summed E-state index contributed by atoms with van der Waals surface area (Å²) in [4.78, 5) is 28.3. The van der Waals surface area contributed by atoms with E-state index in [2.05, 4.69) is 16.2 Å². The molecule has 0 radical (unpaired) electrons. The minimum atomic E-state index is -1.12. The summed E-state index contributed by atoms with van der Waals surface area (Å²) in [6, 6.07) is 25.0. The lowest BCUT2D eigenvalue weighted by Crippen LogP contribution is -2.38. The van der Waals surface area contributed by atoms with E-state index in [-0.39, 0.29) is 24.4 Å². The summed E-state index contributed by atoms with van der Waals surface area (Å²) in [6.07, 6.45) is 4.49. The summed E-state index contributed by atoms with van der Waals surface area (Å²) in [5, 5.41) is 13.6. The number of aromatic nitrogens is 2. The fourth-order valence-corrected chi connectivity index (χ4v) is 5.36. The Balaban J connectivity index is 1.51. The highest BCUT2D eigenvalue weighted by atomic mass is 16.6. The number of aliphatic hydroxyl groups excluding tert-OH is 1. The lowest BCUT2D eigenvalue weighted by Gasteiger charge is -2.37. The molecular formula is C34H33N3O7. The number of carbonyl (C=O) groups excluding carboxylic acids is 1. The predicted molar refractivity (Wildman–Crippen MR) is 164 cm³/mol. The van der Waals surface area contributed by atoms with Crippen molar-refractivity contribution in [3.8, 4) is 23.8 Å². The molecule has 3 atom stereocenters. The molecule has 1 amide bonds. The van der Waals surface area contributed by atoms with Crippen LogP contribution in [0.2, 0.25) is 0 Å². The molecule has 2 heterocycles. The summed E-state index contributed by atoms with van der Waals surface area (Å²) in [5.74, 6) is 3.40. The zero-order chi connectivity index (χ0) is 31.3. The number of nitrogens with one attached hydrogen (secondary N) is 1. The second kappa shape index (κ2) is 13.1. The largest absolute Gasteiger partial charge is 0.497 e. The van der Waals surface area contributed by atoms with Gasteiger partial charge in [-0.3, -0.25) is 9.36 Å². The molecule has 0 bridgehead atoms. The minimum absolute atomic E-state index is 0.00805. The van der Waals surface area contributed by atoms with Crippen LogP contribution in [0.4, 0.5) is 5.82 Å². The summed E-state index contributed by atoms with van der Waals surface area (Å²) in [7, 11) is 3.21. The van der Waals surface area contributed by atoms with Gasteiger partial charge in [-0.25, -0.2) is 4.79 Å². The maximum Gasteiger partial charge on any atom is 0.351 e. The summed E-state index contributed by atoms with van der Waals surface area (Å²) >= 11 is 0. The first-order valence-electron chi connectivity index (χ1n) is 14.0. The summed E-state index contributed by atoms with van der Waals surface area (Å²) in [5.41, 5.74) is 0.918. The fourth-order valence-electron chi connectivity index (χ4n) is 5.36. The Morgan fingerprint density at radius 3 is 2.11 bits per heavy atom. The summed E-state index contributed by atoms with van der Waals surface area (Å²) < 4.78 is 25.1. The second-order valence-electron chi connectivity index (χ2n) is 10.3. The second-order valence-corrected chi connectivity index (χ2v) is 10.3. The van der Waals surface area contributed by atoms with Gasteiger partial charge in [-0.2, -0.15) is 4.98 Å². The van der Waals surface area contributed by atoms with E-state index in [9.17, 15) is 14.7 Å². The Bertz CT molecular complexity index is 1650. The van der Waals surface area contributed by atoms with Crippen LogP contribution in [0.5, 0.6) is 11.5 Å². The first kappa shape index (κ1) is 30.5. The van der Waals surface area contributed by atoms with Crippen LogP contribution in [0.25, 0.3) is 0 Å². The van der Waals surface area contributed by atoms with E-state index < -0.39 is 35.6 Å². The van der Waals surface area contributed by atoms with Crippen molar-refractivity contribution in [1.82, 2.24) is 9.55 Å². The van der Waals surface area contributed by atoms with Crippen LogP contribution in [0, 0.1) is 12.3 Å². The predicted octanol–water partition coefficient (Wildman–Crippen LogP) is 3.86. The number of benzene rings is 3. The number of anilines is 1. The number of hydrogen-bond donors (Lipinski definition) is 2. The highest BCUT2D eigenvalue weighted by molar-refractivity contribution is 5.88. The Morgan fingerprint density at radius 1 is 1.02 bits per heavy atom. The topological polar surface area (TPSA) is 121 Å². The fraction of sp³-hybridized carbons (Fsp3) is 0.265. The monoisotopic (exact) mass is 595 g/mol. The van der Waals surface area contributed by atoms with E-state index in [0.717, 1.165) is 16.7 Å². The number of amides is 1. The van der Waals surface area contributed by atoms with Gasteiger partial charge in [-0.15, -0.1) is 6.42 Å². The third-order valence-electron chi connectivity index (χ3n) is 7.55. The minimum Gasteiger partial charge on any atom is -0.497 e. The number of rotatable bonds is 10. The van der Waals surface area contributed by atoms with Crippen molar-refractivity contribution in [3.63, 3.8) is 0 Å². The molecule has 10 heteroatoms. The molecule has 3 aromatic carbocycles. The number of aliphatic hydroxyl groups is 1. The average Bonchev–Trinajstić information content (AvgIpc) is 3.42. The molecule has 5 rings (SSSR count). The Hall–Kier alpha value is -4.95. The van der Waals surface area contributed by atoms with Crippen LogP contribution in [-0.2, 0) is 19.9 Å². The third-order valence-corrected chi connectivity index (χ3v) is 7.55. The zero-order valence-corrected chi connectivity index (χ0v) is 24.6.